The highest BCUT2D eigenvalue weighted by Crippen LogP contribution is 2.34. The zero-order valence-electron chi connectivity index (χ0n) is 12.3. The number of aromatic amines is 1. The first-order valence-corrected chi connectivity index (χ1v) is 7.43. The molecule has 1 aromatic carbocycles. The number of nitrogens with zero attached hydrogens (tertiary/aromatic N) is 2. The Morgan fingerprint density at radius 1 is 1.41 bits per heavy atom. The van der Waals surface area contributed by atoms with Gasteiger partial charge in [0.05, 0.1) is 18.1 Å². The molecule has 1 aliphatic carbocycles. The minimum Gasteiger partial charge on any atom is -0.387 e. The van der Waals surface area contributed by atoms with Crippen LogP contribution in [0.2, 0.25) is 0 Å². The van der Waals surface area contributed by atoms with Crippen molar-refractivity contribution < 1.29 is 9.90 Å². The lowest BCUT2D eigenvalue weighted by Crippen LogP contribution is -2.25. The van der Waals surface area contributed by atoms with Crippen LogP contribution < -0.4 is 0 Å². The van der Waals surface area contributed by atoms with Gasteiger partial charge in [0, 0.05) is 41.3 Å². The minimum atomic E-state index is -0.668. The fourth-order valence-electron chi connectivity index (χ4n) is 3.45. The number of H-pyrrole nitrogens is 1. The molecule has 3 aromatic rings. The number of hydrogen-bond donors (Lipinski definition) is 2. The van der Waals surface area contributed by atoms with Crippen molar-refractivity contribution in [2.75, 3.05) is 0 Å². The van der Waals surface area contributed by atoms with Crippen LogP contribution in [0.5, 0.6) is 0 Å². The summed E-state index contributed by atoms with van der Waals surface area (Å²) in [6.45, 7) is 0. The fraction of sp³-hybridized carbons (Fsp3) is 0.294. The topological polar surface area (TPSA) is 70.9 Å². The predicted octanol–water partition coefficient (Wildman–Crippen LogP) is 2.38. The van der Waals surface area contributed by atoms with Crippen molar-refractivity contribution in [3.8, 4) is 0 Å². The summed E-state index contributed by atoms with van der Waals surface area (Å²) in [6.07, 6.45) is 3.84. The zero-order valence-corrected chi connectivity index (χ0v) is 12.3. The van der Waals surface area contributed by atoms with Crippen molar-refractivity contribution in [1.82, 2.24) is 14.5 Å². The molecule has 112 valence electrons. The van der Waals surface area contributed by atoms with Gasteiger partial charge in [0.25, 0.3) is 0 Å². The number of ketones is 1. The third kappa shape index (κ3) is 1.89. The summed E-state index contributed by atoms with van der Waals surface area (Å²) in [5.41, 5.74) is 3.34. The number of fused-ring (bicyclic) bond motifs is 2. The highest BCUT2D eigenvalue weighted by atomic mass is 16.3. The van der Waals surface area contributed by atoms with E-state index >= 15 is 0 Å². The highest BCUT2D eigenvalue weighted by molar-refractivity contribution is 6.09. The van der Waals surface area contributed by atoms with Crippen LogP contribution in [-0.4, -0.2) is 25.4 Å². The van der Waals surface area contributed by atoms with Gasteiger partial charge in [0.1, 0.15) is 0 Å². The summed E-state index contributed by atoms with van der Waals surface area (Å²) >= 11 is 0. The Morgan fingerprint density at radius 2 is 2.23 bits per heavy atom. The van der Waals surface area contributed by atoms with Crippen LogP contribution in [-0.2, 0) is 13.5 Å². The maximum Gasteiger partial charge on any atom is 0.168 e. The van der Waals surface area contributed by atoms with E-state index in [1.165, 1.54) is 0 Å². The number of benzene rings is 1. The Kier molecular flexibility index (Phi) is 2.90. The number of carbonyl (C=O) groups excluding carboxylic acids is 1. The second kappa shape index (κ2) is 4.81. The number of Topliss-reactive ketones (excluding diaryl/α,β-unsaturated/α-hetero) is 1. The van der Waals surface area contributed by atoms with Gasteiger partial charge in [0.15, 0.2) is 5.78 Å². The summed E-state index contributed by atoms with van der Waals surface area (Å²) in [7, 11) is 1.95. The second-order valence-electron chi connectivity index (χ2n) is 5.95. The molecule has 0 amide bonds. The Balaban J connectivity index is 1.73. The standard InChI is InChI=1S/C17H17N3O2/c1-20-8-12(11-4-2-3-5-14(11)20)17(22)10-6-13-16(15(21)7-10)19-9-18-13/h2-5,8-10,15,21H,6-7H2,1H3,(H,18,19)/t10-,15+/m0/s1. The molecule has 2 aromatic heterocycles. The summed E-state index contributed by atoms with van der Waals surface area (Å²) < 4.78 is 1.98. The van der Waals surface area contributed by atoms with E-state index in [2.05, 4.69) is 9.97 Å². The molecule has 1 aliphatic rings. The van der Waals surface area contributed by atoms with Crippen LogP contribution in [0.4, 0.5) is 0 Å². The van der Waals surface area contributed by atoms with Gasteiger partial charge in [-0.15, -0.1) is 0 Å². The molecular formula is C17H17N3O2. The van der Waals surface area contributed by atoms with Gasteiger partial charge < -0.3 is 14.7 Å². The van der Waals surface area contributed by atoms with E-state index in [0.717, 1.165) is 22.2 Å². The molecule has 0 bridgehead atoms. The number of rotatable bonds is 2. The van der Waals surface area contributed by atoms with E-state index in [-0.39, 0.29) is 11.7 Å². The average molecular weight is 295 g/mol. The number of aliphatic hydroxyl groups excluding tert-OH is 1. The van der Waals surface area contributed by atoms with Crippen molar-refractivity contribution in [3.05, 3.63) is 53.7 Å². The van der Waals surface area contributed by atoms with Crippen LogP contribution in [0.3, 0.4) is 0 Å². The summed E-state index contributed by atoms with van der Waals surface area (Å²) in [5, 5.41) is 11.2. The van der Waals surface area contributed by atoms with Crippen molar-refractivity contribution in [2.24, 2.45) is 13.0 Å². The smallest absolute Gasteiger partial charge is 0.168 e. The Bertz CT molecular complexity index is 862. The molecular weight excluding hydrogens is 278 g/mol. The van der Waals surface area contributed by atoms with Crippen LogP contribution in [0, 0.1) is 5.92 Å². The molecule has 0 fully saturated rings. The number of aryl methyl sites for hydroxylation is 1. The van der Waals surface area contributed by atoms with Gasteiger partial charge in [-0.25, -0.2) is 4.98 Å². The van der Waals surface area contributed by atoms with Gasteiger partial charge in [-0.2, -0.15) is 0 Å². The van der Waals surface area contributed by atoms with Crippen molar-refractivity contribution >= 4 is 16.7 Å². The van der Waals surface area contributed by atoms with E-state index < -0.39 is 6.10 Å². The minimum absolute atomic E-state index is 0.0936. The molecule has 2 heterocycles. The average Bonchev–Trinajstić information content (AvgIpc) is 3.12. The Labute approximate surface area is 127 Å². The highest BCUT2D eigenvalue weighted by Gasteiger charge is 2.33. The first kappa shape index (κ1) is 13.3. The van der Waals surface area contributed by atoms with Gasteiger partial charge in [-0.05, 0) is 18.9 Å². The van der Waals surface area contributed by atoms with E-state index in [9.17, 15) is 9.90 Å². The Hall–Kier alpha value is -2.40. The third-order valence-electron chi connectivity index (χ3n) is 4.56. The van der Waals surface area contributed by atoms with Crippen molar-refractivity contribution in [1.29, 1.82) is 0 Å². The monoisotopic (exact) mass is 295 g/mol. The molecule has 22 heavy (non-hydrogen) atoms. The van der Waals surface area contributed by atoms with E-state index in [1.807, 2.05) is 42.1 Å². The Morgan fingerprint density at radius 3 is 3.09 bits per heavy atom. The maximum atomic E-state index is 12.9. The van der Waals surface area contributed by atoms with Gasteiger partial charge in [-0.3, -0.25) is 4.79 Å². The van der Waals surface area contributed by atoms with Gasteiger partial charge in [0.2, 0.25) is 0 Å². The molecule has 4 rings (SSSR count). The lowest BCUT2D eigenvalue weighted by molar-refractivity contribution is 0.0797. The molecule has 5 nitrogen and oxygen atoms in total. The number of hydrogen-bond acceptors (Lipinski definition) is 3. The number of carbonyl (C=O) groups is 1. The lowest BCUT2D eigenvalue weighted by Gasteiger charge is -2.24. The van der Waals surface area contributed by atoms with E-state index in [1.54, 1.807) is 6.33 Å². The molecule has 2 atom stereocenters. The van der Waals surface area contributed by atoms with Crippen LogP contribution in [0.1, 0.15) is 34.3 Å². The zero-order chi connectivity index (χ0) is 15.3. The molecule has 0 spiro atoms. The first-order valence-electron chi connectivity index (χ1n) is 7.43. The van der Waals surface area contributed by atoms with Crippen molar-refractivity contribution in [3.63, 3.8) is 0 Å². The lowest BCUT2D eigenvalue weighted by atomic mass is 9.83. The van der Waals surface area contributed by atoms with Crippen molar-refractivity contribution in [2.45, 2.75) is 18.9 Å². The third-order valence-corrected chi connectivity index (χ3v) is 4.56. The number of para-hydroxylation sites is 1. The molecule has 0 saturated heterocycles. The summed E-state index contributed by atoms with van der Waals surface area (Å²) in [5.74, 6) is -0.121. The van der Waals surface area contributed by atoms with E-state index in [0.29, 0.717) is 18.5 Å². The quantitative estimate of drug-likeness (QED) is 0.713. The molecule has 0 saturated carbocycles. The van der Waals surface area contributed by atoms with Gasteiger partial charge >= 0.3 is 0 Å². The summed E-state index contributed by atoms with van der Waals surface area (Å²) in [6, 6.07) is 7.90. The van der Waals surface area contributed by atoms with Gasteiger partial charge in [-0.1, -0.05) is 18.2 Å². The first-order chi connectivity index (χ1) is 10.6. The second-order valence-corrected chi connectivity index (χ2v) is 5.95. The molecule has 5 heteroatoms. The number of aliphatic hydroxyl groups is 1. The van der Waals surface area contributed by atoms with E-state index in [4.69, 9.17) is 0 Å². The van der Waals surface area contributed by atoms with Crippen LogP contribution in [0.25, 0.3) is 10.9 Å². The molecule has 0 aliphatic heterocycles. The fourth-order valence-corrected chi connectivity index (χ4v) is 3.45. The maximum absolute atomic E-state index is 12.9. The molecule has 0 radical (unpaired) electrons. The normalized spacial score (nSPS) is 21.0. The van der Waals surface area contributed by atoms with Crippen LogP contribution >= 0.6 is 0 Å². The predicted molar refractivity (Wildman–Crippen MR) is 82.6 cm³/mol. The molecule has 0 unspecified atom stereocenters. The summed E-state index contributed by atoms with van der Waals surface area (Å²) in [4.78, 5) is 20.1. The molecule has 2 N–H and O–H groups in total. The number of aromatic nitrogens is 3. The number of imidazole rings is 1. The largest absolute Gasteiger partial charge is 0.387 e. The number of nitrogens with one attached hydrogen (secondary N) is 1. The SMILES string of the molecule is Cn1cc(C(=O)[C@H]2Cc3[nH]cnc3[C@H](O)C2)c2ccccc21. The van der Waals surface area contributed by atoms with Crippen LogP contribution in [0.15, 0.2) is 36.8 Å².